The van der Waals surface area contributed by atoms with Crippen LogP contribution >= 0.6 is 0 Å². The van der Waals surface area contributed by atoms with E-state index in [1.807, 2.05) is 24.3 Å². The third kappa shape index (κ3) is 2.83. The van der Waals surface area contributed by atoms with Crippen LogP contribution in [0.15, 0.2) is 42.6 Å². The van der Waals surface area contributed by atoms with E-state index in [1.165, 1.54) is 6.07 Å². The molecule has 0 saturated heterocycles. The van der Waals surface area contributed by atoms with Crippen LogP contribution in [0.5, 0.6) is 5.75 Å². The summed E-state index contributed by atoms with van der Waals surface area (Å²) < 4.78 is 5.53. The second-order valence-electron chi connectivity index (χ2n) is 5.40. The predicted octanol–water partition coefficient (Wildman–Crippen LogP) is 3.43. The number of pyridine rings is 1. The topological polar surface area (TPSA) is 98.1 Å². The number of rotatable bonds is 5. The first-order valence-corrected chi connectivity index (χ1v) is 7.36. The number of ketones is 1. The van der Waals surface area contributed by atoms with E-state index in [0.29, 0.717) is 11.3 Å². The fourth-order valence-electron chi connectivity index (χ4n) is 2.49. The highest BCUT2D eigenvalue weighted by molar-refractivity contribution is 6.09. The van der Waals surface area contributed by atoms with Gasteiger partial charge >= 0.3 is 5.82 Å². The lowest BCUT2D eigenvalue weighted by atomic mass is 10.1. The van der Waals surface area contributed by atoms with Crippen LogP contribution in [-0.4, -0.2) is 26.8 Å². The molecule has 1 aromatic carbocycles. The second-order valence-corrected chi connectivity index (χ2v) is 5.40. The Balaban J connectivity index is 1.89. The van der Waals surface area contributed by atoms with E-state index < -0.39 is 16.8 Å². The number of aryl methyl sites for hydroxylation is 1. The Morgan fingerprint density at radius 3 is 2.79 bits per heavy atom. The Morgan fingerprint density at radius 2 is 2.04 bits per heavy atom. The van der Waals surface area contributed by atoms with Crippen LogP contribution in [0.3, 0.4) is 0 Å². The third-order valence-electron chi connectivity index (χ3n) is 3.68. The van der Waals surface area contributed by atoms with Gasteiger partial charge in [-0.1, -0.05) is 18.2 Å². The van der Waals surface area contributed by atoms with E-state index in [4.69, 9.17) is 4.74 Å². The van der Waals surface area contributed by atoms with Crippen molar-refractivity contribution >= 4 is 22.5 Å². The van der Waals surface area contributed by atoms with Crippen LogP contribution in [0.2, 0.25) is 0 Å². The number of nitro groups is 1. The molecule has 2 aromatic heterocycles. The standard InChI is InChI=1S/C17H15N3O4/c1-10-7-8-15(17(19-10)20(22)23)24-11(2)16(21)13-9-18-14-6-4-3-5-12(13)14/h3-9,11,18H,1-2H3. The number of hydrogen-bond acceptors (Lipinski definition) is 5. The maximum atomic E-state index is 12.6. The molecule has 1 N–H and O–H groups in total. The number of fused-ring (bicyclic) bond motifs is 1. The van der Waals surface area contributed by atoms with Gasteiger partial charge in [0.25, 0.3) is 0 Å². The minimum absolute atomic E-state index is 0.0220. The van der Waals surface area contributed by atoms with Crippen molar-refractivity contribution in [2.45, 2.75) is 20.0 Å². The Kier molecular flexibility index (Phi) is 3.99. The molecule has 1 unspecified atom stereocenters. The number of ether oxygens (including phenoxy) is 1. The zero-order valence-electron chi connectivity index (χ0n) is 13.1. The maximum Gasteiger partial charge on any atom is 0.406 e. The fourth-order valence-corrected chi connectivity index (χ4v) is 2.49. The molecule has 0 aliphatic heterocycles. The SMILES string of the molecule is Cc1ccc(OC(C)C(=O)c2c[nH]c3ccccc23)c([N+](=O)[O-])n1. The maximum absolute atomic E-state index is 12.6. The monoisotopic (exact) mass is 325 g/mol. The van der Waals surface area contributed by atoms with Gasteiger partial charge in [0.2, 0.25) is 11.5 Å². The molecule has 1 atom stereocenters. The molecule has 0 aliphatic rings. The number of hydrogen-bond donors (Lipinski definition) is 1. The number of aromatic amines is 1. The highest BCUT2D eigenvalue weighted by Gasteiger charge is 2.25. The summed E-state index contributed by atoms with van der Waals surface area (Å²) in [5.74, 6) is -0.679. The molecule has 0 bridgehead atoms. The number of H-pyrrole nitrogens is 1. The van der Waals surface area contributed by atoms with Gasteiger partial charge in [0, 0.05) is 29.6 Å². The first-order valence-electron chi connectivity index (χ1n) is 7.36. The van der Waals surface area contributed by atoms with Crippen LogP contribution in [0.1, 0.15) is 23.0 Å². The van der Waals surface area contributed by atoms with E-state index in [0.717, 1.165) is 10.9 Å². The lowest BCUT2D eigenvalue weighted by molar-refractivity contribution is -0.390. The summed E-state index contributed by atoms with van der Waals surface area (Å²) >= 11 is 0. The molecule has 3 aromatic rings. The molecular formula is C17H15N3O4. The zero-order valence-corrected chi connectivity index (χ0v) is 13.1. The summed E-state index contributed by atoms with van der Waals surface area (Å²) in [6.07, 6.45) is 0.738. The van der Waals surface area contributed by atoms with Gasteiger partial charge in [-0.25, -0.2) is 0 Å². The Bertz CT molecular complexity index is 932. The van der Waals surface area contributed by atoms with Gasteiger partial charge in [-0.2, -0.15) is 0 Å². The molecule has 0 saturated carbocycles. The quantitative estimate of drug-likeness (QED) is 0.440. The number of aromatic nitrogens is 2. The van der Waals surface area contributed by atoms with Gasteiger partial charge in [0.05, 0.1) is 0 Å². The van der Waals surface area contributed by atoms with Crippen molar-refractivity contribution in [3.8, 4) is 5.75 Å². The molecule has 7 nitrogen and oxygen atoms in total. The number of benzene rings is 1. The number of para-hydroxylation sites is 1. The normalized spacial score (nSPS) is 12.1. The first-order chi connectivity index (χ1) is 11.5. The first kappa shape index (κ1) is 15.7. The lowest BCUT2D eigenvalue weighted by Crippen LogP contribution is -2.24. The van der Waals surface area contributed by atoms with Crippen molar-refractivity contribution in [3.05, 3.63) is 64.0 Å². The van der Waals surface area contributed by atoms with Gasteiger partial charge in [0.15, 0.2) is 6.10 Å². The Labute approximate surface area is 137 Å². The number of Topliss-reactive ketones (excluding diaryl/α,β-unsaturated/α-hetero) is 1. The molecule has 24 heavy (non-hydrogen) atoms. The second kappa shape index (κ2) is 6.11. The average Bonchev–Trinajstić information content (AvgIpc) is 2.99. The van der Waals surface area contributed by atoms with E-state index in [9.17, 15) is 14.9 Å². The van der Waals surface area contributed by atoms with E-state index in [-0.39, 0.29) is 11.5 Å². The van der Waals surface area contributed by atoms with Crippen molar-refractivity contribution in [3.63, 3.8) is 0 Å². The Morgan fingerprint density at radius 1 is 1.29 bits per heavy atom. The molecule has 122 valence electrons. The van der Waals surface area contributed by atoms with Gasteiger partial charge in [-0.3, -0.25) is 4.79 Å². The van der Waals surface area contributed by atoms with Crippen molar-refractivity contribution in [2.75, 3.05) is 0 Å². The van der Waals surface area contributed by atoms with Crippen molar-refractivity contribution in [1.82, 2.24) is 9.97 Å². The van der Waals surface area contributed by atoms with Crippen LogP contribution in [-0.2, 0) is 0 Å². The molecular weight excluding hydrogens is 310 g/mol. The summed E-state index contributed by atoms with van der Waals surface area (Å²) in [4.78, 5) is 30.0. The van der Waals surface area contributed by atoms with Gasteiger partial charge < -0.3 is 19.8 Å². The van der Waals surface area contributed by atoms with Gasteiger partial charge in [-0.05, 0) is 35.0 Å². The van der Waals surface area contributed by atoms with Crippen LogP contribution < -0.4 is 4.74 Å². The summed E-state index contributed by atoms with van der Waals surface area (Å²) in [6.45, 7) is 3.21. The number of carbonyl (C=O) groups is 1. The number of carbonyl (C=O) groups excluding carboxylic acids is 1. The van der Waals surface area contributed by atoms with E-state index >= 15 is 0 Å². The zero-order chi connectivity index (χ0) is 17.3. The molecule has 0 radical (unpaired) electrons. The molecule has 0 fully saturated rings. The molecule has 3 rings (SSSR count). The molecule has 0 aliphatic carbocycles. The minimum Gasteiger partial charge on any atom is -0.474 e. The van der Waals surface area contributed by atoms with Crippen molar-refractivity contribution in [1.29, 1.82) is 0 Å². The predicted molar refractivity (Wildman–Crippen MR) is 88.3 cm³/mol. The number of nitrogens with one attached hydrogen (secondary N) is 1. The molecule has 2 heterocycles. The van der Waals surface area contributed by atoms with Gasteiger partial charge in [0.1, 0.15) is 5.69 Å². The van der Waals surface area contributed by atoms with E-state index in [2.05, 4.69) is 9.97 Å². The molecule has 0 spiro atoms. The third-order valence-corrected chi connectivity index (χ3v) is 3.68. The lowest BCUT2D eigenvalue weighted by Gasteiger charge is -2.13. The fraction of sp³-hybridized carbons (Fsp3) is 0.176. The van der Waals surface area contributed by atoms with Crippen LogP contribution in [0.4, 0.5) is 5.82 Å². The van der Waals surface area contributed by atoms with Crippen molar-refractivity contribution in [2.24, 2.45) is 0 Å². The summed E-state index contributed by atoms with van der Waals surface area (Å²) in [5, 5.41) is 11.9. The van der Waals surface area contributed by atoms with Crippen molar-refractivity contribution < 1.29 is 14.5 Å². The van der Waals surface area contributed by atoms with E-state index in [1.54, 1.807) is 26.1 Å². The smallest absolute Gasteiger partial charge is 0.406 e. The molecule has 0 amide bonds. The number of nitrogens with zero attached hydrogens (tertiary/aromatic N) is 2. The summed E-state index contributed by atoms with van der Waals surface area (Å²) in [5.41, 5.74) is 1.83. The highest BCUT2D eigenvalue weighted by Crippen LogP contribution is 2.27. The van der Waals surface area contributed by atoms with Crippen LogP contribution in [0, 0.1) is 17.0 Å². The Hall–Kier alpha value is -3.22. The summed E-state index contributed by atoms with van der Waals surface area (Å²) in [6, 6.07) is 10.5. The van der Waals surface area contributed by atoms with Gasteiger partial charge in [-0.15, -0.1) is 0 Å². The minimum atomic E-state index is -0.882. The average molecular weight is 325 g/mol. The molecule has 7 heteroatoms. The highest BCUT2D eigenvalue weighted by atomic mass is 16.6. The van der Waals surface area contributed by atoms with Crippen LogP contribution in [0.25, 0.3) is 10.9 Å². The largest absolute Gasteiger partial charge is 0.474 e. The summed E-state index contributed by atoms with van der Waals surface area (Å²) in [7, 11) is 0.